The van der Waals surface area contributed by atoms with Crippen LogP contribution < -0.4 is 10.6 Å². The van der Waals surface area contributed by atoms with Crippen molar-refractivity contribution in [2.45, 2.75) is 51.4 Å². The average molecular weight is 328 g/mol. The molecular weight excluding hydrogens is 300 g/mol. The standard InChI is InChI=1S/C20H28N2O2/c1-12(23)22-18-8-7-14(9-15-16-10-21-11-17(15)16)19(20(18)24)13-5-3-2-4-6-13/h7-8,13,15-17,21,24H,2-6,9-11H2,1H3,(H,22,23). The van der Waals surface area contributed by atoms with E-state index in [9.17, 15) is 9.90 Å². The molecule has 2 unspecified atom stereocenters. The molecule has 0 radical (unpaired) electrons. The van der Waals surface area contributed by atoms with Crippen LogP contribution in [0.1, 0.15) is 56.1 Å². The highest BCUT2D eigenvalue weighted by molar-refractivity contribution is 5.90. The molecule has 2 aliphatic carbocycles. The van der Waals surface area contributed by atoms with Gasteiger partial charge in [-0.2, -0.15) is 0 Å². The number of nitrogens with one attached hydrogen (secondary N) is 2. The molecule has 130 valence electrons. The van der Waals surface area contributed by atoms with Crippen molar-refractivity contribution in [2.24, 2.45) is 17.8 Å². The molecule has 3 N–H and O–H groups in total. The zero-order chi connectivity index (χ0) is 16.7. The van der Waals surface area contributed by atoms with Crippen molar-refractivity contribution in [1.82, 2.24) is 5.32 Å². The van der Waals surface area contributed by atoms with E-state index < -0.39 is 0 Å². The molecule has 2 saturated carbocycles. The minimum atomic E-state index is -0.129. The Balaban J connectivity index is 1.63. The summed E-state index contributed by atoms with van der Waals surface area (Å²) in [6, 6.07) is 4.03. The van der Waals surface area contributed by atoms with Crippen molar-refractivity contribution >= 4 is 11.6 Å². The summed E-state index contributed by atoms with van der Waals surface area (Å²) < 4.78 is 0. The molecule has 1 aliphatic heterocycles. The van der Waals surface area contributed by atoms with Crippen molar-refractivity contribution in [3.05, 3.63) is 23.3 Å². The molecule has 4 nitrogen and oxygen atoms in total. The van der Waals surface area contributed by atoms with Gasteiger partial charge in [0.1, 0.15) is 5.75 Å². The molecule has 2 atom stereocenters. The maximum Gasteiger partial charge on any atom is 0.221 e. The lowest BCUT2D eigenvalue weighted by Crippen LogP contribution is -2.16. The minimum Gasteiger partial charge on any atom is -0.505 e. The van der Waals surface area contributed by atoms with Gasteiger partial charge >= 0.3 is 0 Å². The van der Waals surface area contributed by atoms with E-state index in [0.29, 0.717) is 17.4 Å². The van der Waals surface area contributed by atoms with Crippen LogP contribution in [0.4, 0.5) is 5.69 Å². The molecule has 0 aromatic heterocycles. The fourth-order valence-electron chi connectivity index (χ4n) is 5.07. The van der Waals surface area contributed by atoms with Crippen LogP contribution in [-0.2, 0) is 11.2 Å². The van der Waals surface area contributed by atoms with E-state index in [1.54, 1.807) is 0 Å². The maximum absolute atomic E-state index is 11.4. The topological polar surface area (TPSA) is 61.4 Å². The van der Waals surface area contributed by atoms with Crippen LogP contribution in [0.25, 0.3) is 0 Å². The molecule has 0 spiro atoms. The first kappa shape index (κ1) is 15.9. The average Bonchev–Trinajstić information content (AvgIpc) is 3.00. The molecule has 24 heavy (non-hydrogen) atoms. The summed E-state index contributed by atoms with van der Waals surface area (Å²) in [5.41, 5.74) is 3.01. The molecule has 1 saturated heterocycles. The number of hydrogen-bond donors (Lipinski definition) is 3. The summed E-state index contributed by atoms with van der Waals surface area (Å²) in [5, 5.41) is 17.1. The van der Waals surface area contributed by atoms with Gasteiger partial charge in [0.05, 0.1) is 5.69 Å². The SMILES string of the molecule is CC(=O)Nc1ccc(CC2C3CNCC32)c(C2CCCCC2)c1O. The number of phenols is 1. The summed E-state index contributed by atoms with van der Waals surface area (Å²) in [4.78, 5) is 11.4. The largest absolute Gasteiger partial charge is 0.505 e. The third kappa shape index (κ3) is 2.92. The molecule has 3 fully saturated rings. The molecule has 3 aliphatic rings. The van der Waals surface area contributed by atoms with E-state index in [4.69, 9.17) is 0 Å². The highest BCUT2D eigenvalue weighted by atomic mass is 16.3. The Labute approximate surface area is 144 Å². The molecule has 0 bridgehead atoms. The Bertz CT molecular complexity index is 627. The second-order valence-electron chi connectivity index (χ2n) is 7.90. The molecule has 1 amide bonds. The van der Waals surface area contributed by atoms with Crippen molar-refractivity contribution in [2.75, 3.05) is 18.4 Å². The van der Waals surface area contributed by atoms with Gasteiger partial charge in [0.15, 0.2) is 0 Å². The van der Waals surface area contributed by atoms with Crippen LogP contribution in [0.15, 0.2) is 12.1 Å². The Morgan fingerprint density at radius 2 is 1.92 bits per heavy atom. The first-order valence-corrected chi connectivity index (χ1v) is 9.48. The second kappa shape index (κ2) is 6.40. The zero-order valence-corrected chi connectivity index (χ0v) is 14.5. The van der Waals surface area contributed by atoms with E-state index in [1.807, 2.05) is 6.07 Å². The summed E-state index contributed by atoms with van der Waals surface area (Å²) >= 11 is 0. The van der Waals surface area contributed by atoms with Gasteiger partial charge in [-0.05, 0) is 67.7 Å². The van der Waals surface area contributed by atoms with Crippen LogP contribution >= 0.6 is 0 Å². The number of amides is 1. The number of benzene rings is 1. The normalized spacial score (nSPS) is 29.3. The third-order valence-corrected chi connectivity index (χ3v) is 6.36. The van der Waals surface area contributed by atoms with E-state index in [-0.39, 0.29) is 5.91 Å². The van der Waals surface area contributed by atoms with E-state index in [0.717, 1.165) is 55.7 Å². The highest BCUT2D eigenvalue weighted by Crippen LogP contribution is 2.52. The summed E-state index contributed by atoms with van der Waals surface area (Å²) in [5.74, 6) is 3.08. The van der Waals surface area contributed by atoms with Crippen molar-refractivity contribution in [1.29, 1.82) is 0 Å². The minimum absolute atomic E-state index is 0.129. The highest BCUT2D eigenvalue weighted by Gasteiger charge is 2.52. The number of rotatable bonds is 4. The lowest BCUT2D eigenvalue weighted by atomic mass is 9.80. The third-order valence-electron chi connectivity index (χ3n) is 6.36. The molecule has 1 aromatic rings. The van der Waals surface area contributed by atoms with Gasteiger partial charge in [0.25, 0.3) is 0 Å². The molecular formula is C20H28N2O2. The zero-order valence-electron chi connectivity index (χ0n) is 14.5. The number of carbonyl (C=O) groups excluding carboxylic acids is 1. The van der Waals surface area contributed by atoms with Gasteiger partial charge in [0.2, 0.25) is 5.91 Å². The number of piperidine rings is 1. The quantitative estimate of drug-likeness (QED) is 0.742. The maximum atomic E-state index is 11.4. The number of anilines is 1. The van der Waals surface area contributed by atoms with Gasteiger partial charge in [0, 0.05) is 12.5 Å². The van der Waals surface area contributed by atoms with Crippen LogP contribution in [0.5, 0.6) is 5.75 Å². The number of carbonyl (C=O) groups is 1. The summed E-state index contributed by atoms with van der Waals surface area (Å²) in [6.07, 6.45) is 7.18. The van der Waals surface area contributed by atoms with E-state index >= 15 is 0 Å². The predicted octanol–water partition coefficient (Wildman–Crippen LogP) is 3.41. The van der Waals surface area contributed by atoms with Gasteiger partial charge in [-0.1, -0.05) is 25.3 Å². The first-order valence-electron chi connectivity index (χ1n) is 9.48. The second-order valence-corrected chi connectivity index (χ2v) is 7.90. The summed E-state index contributed by atoms with van der Waals surface area (Å²) in [7, 11) is 0. The van der Waals surface area contributed by atoms with Gasteiger partial charge in [-0.3, -0.25) is 4.79 Å². The smallest absolute Gasteiger partial charge is 0.221 e. The number of fused-ring (bicyclic) bond motifs is 1. The van der Waals surface area contributed by atoms with E-state index in [1.165, 1.54) is 31.7 Å². The van der Waals surface area contributed by atoms with Gasteiger partial charge in [-0.15, -0.1) is 0 Å². The molecule has 4 rings (SSSR count). The number of hydrogen-bond acceptors (Lipinski definition) is 3. The molecule has 1 aromatic carbocycles. The van der Waals surface area contributed by atoms with Crippen LogP contribution in [0, 0.1) is 17.8 Å². The van der Waals surface area contributed by atoms with Crippen molar-refractivity contribution in [3.63, 3.8) is 0 Å². The summed E-state index contributed by atoms with van der Waals surface area (Å²) in [6.45, 7) is 3.81. The number of aromatic hydroxyl groups is 1. The van der Waals surface area contributed by atoms with Gasteiger partial charge < -0.3 is 15.7 Å². The van der Waals surface area contributed by atoms with Crippen LogP contribution in [0.2, 0.25) is 0 Å². The predicted molar refractivity (Wildman–Crippen MR) is 95.3 cm³/mol. The first-order chi connectivity index (χ1) is 11.6. The fraction of sp³-hybridized carbons (Fsp3) is 0.650. The Morgan fingerprint density at radius 1 is 1.21 bits per heavy atom. The number of phenolic OH excluding ortho intramolecular Hbond substituents is 1. The molecule has 4 heteroatoms. The Morgan fingerprint density at radius 3 is 2.58 bits per heavy atom. The van der Waals surface area contributed by atoms with Crippen LogP contribution in [0.3, 0.4) is 0 Å². The van der Waals surface area contributed by atoms with Crippen molar-refractivity contribution in [3.8, 4) is 5.75 Å². The fourth-order valence-corrected chi connectivity index (χ4v) is 5.07. The monoisotopic (exact) mass is 328 g/mol. The van der Waals surface area contributed by atoms with E-state index in [2.05, 4.69) is 16.7 Å². The van der Waals surface area contributed by atoms with Gasteiger partial charge in [-0.25, -0.2) is 0 Å². The van der Waals surface area contributed by atoms with Crippen LogP contribution in [-0.4, -0.2) is 24.1 Å². The Hall–Kier alpha value is -1.55. The lowest BCUT2D eigenvalue weighted by molar-refractivity contribution is -0.114. The Kier molecular flexibility index (Phi) is 4.25. The lowest BCUT2D eigenvalue weighted by Gasteiger charge is -2.26. The molecule has 1 heterocycles. The van der Waals surface area contributed by atoms with Crippen molar-refractivity contribution < 1.29 is 9.90 Å².